The highest BCUT2D eigenvalue weighted by Crippen LogP contribution is 2.48. The van der Waals surface area contributed by atoms with E-state index >= 15 is 0 Å². The lowest BCUT2D eigenvalue weighted by molar-refractivity contribution is -0.133. The number of anilines is 1. The maximum absolute atomic E-state index is 13.4. The number of carboxylic acid groups (broad SMARTS) is 1. The standard InChI is InChI=1S/C27H36BrClN2O4Si/c1-25(2,3)31(24(33)34)21-10-9-19(29)14-20(21)18-13-17-11-12-27(22(32)15-28,23(17)30-16-18)35-36(7,8)26(4,5)6/h9-10,13-14,16H,11-12,15H2,1-8H3,(H,33,34). The molecule has 0 fully saturated rings. The number of amides is 1. The van der Waals surface area contributed by atoms with E-state index in [0.717, 1.165) is 11.1 Å². The maximum atomic E-state index is 13.4. The van der Waals surface area contributed by atoms with Gasteiger partial charge in [-0.3, -0.25) is 14.7 Å². The molecular formula is C27H36BrClN2O4Si. The minimum absolute atomic E-state index is 0.0282. The van der Waals surface area contributed by atoms with Crippen LogP contribution in [0.5, 0.6) is 0 Å². The Labute approximate surface area is 228 Å². The number of aryl methyl sites for hydroxylation is 1. The van der Waals surface area contributed by atoms with Crippen LogP contribution in [0.4, 0.5) is 10.5 Å². The van der Waals surface area contributed by atoms with Crippen LogP contribution in [-0.4, -0.2) is 41.2 Å². The summed E-state index contributed by atoms with van der Waals surface area (Å²) in [6, 6.07) is 7.18. The maximum Gasteiger partial charge on any atom is 0.412 e. The van der Waals surface area contributed by atoms with E-state index in [9.17, 15) is 14.7 Å². The number of carbonyl (C=O) groups excluding carboxylic acids is 1. The molecule has 0 spiro atoms. The molecule has 36 heavy (non-hydrogen) atoms. The number of rotatable bonds is 6. The van der Waals surface area contributed by atoms with Gasteiger partial charge in [-0.05, 0) is 81.6 Å². The predicted molar refractivity (Wildman–Crippen MR) is 152 cm³/mol. The minimum Gasteiger partial charge on any atom is -0.465 e. The Morgan fingerprint density at radius 1 is 1.19 bits per heavy atom. The molecule has 1 aliphatic carbocycles. The van der Waals surface area contributed by atoms with Crippen molar-refractivity contribution in [1.82, 2.24) is 4.98 Å². The van der Waals surface area contributed by atoms with Gasteiger partial charge in [-0.1, -0.05) is 48.3 Å². The van der Waals surface area contributed by atoms with Gasteiger partial charge < -0.3 is 9.53 Å². The molecule has 0 saturated heterocycles. The lowest BCUT2D eigenvalue weighted by Gasteiger charge is -2.43. The van der Waals surface area contributed by atoms with Crippen LogP contribution in [0.2, 0.25) is 23.2 Å². The Bertz CT molecular complexity index is 1190. The number of carbonyl (C=O) groups is 2. The Morgan fingerprint density at radius 3 is 2.36 bits per heavy atom. The van der Waals surface area contributed by atoms with Crippen LogP contribution in [0.1, 0.15) is 59.2 Å². The van der Waals surface area contributed by atoms with Gasteiger partial charge in [-0.15, -0.1) is 0 Å². The van der Waals surface area contributed by atoms with Crippen molar-refractivity contribution in [3.05, 3.63) is 46.7 Å². The van der Waals surface area contributed by atoms with E-state index < -0.39 is 25.6 Å². The second kappa shape index (κ2) is 9.85. The number of hydrogen-bond donors (Lipinski definition) is 1. The lowest BCUT2D eigenvalue weighted by atomic mass is 9.95. The molecule has 196 valence electrons. The Kier molecular flexibility index (Phi) is 7.89. The SMILES string of the molecule is CC(C)(C)N(C(=O)O)c1ccc(Cl)cc1-c1cnc2c(c1)CCC2(O[Si](C)(C)C(C)(C)C)C(=O)CBr. The van der Waals surface area contributed by atoms with E-state index in [0.29, 0.717) is 34.8 Å². The number of benzene rings is 1. The summed E-state index contributed by atoms with van der Waals surface area (Å²) in [6.45, 7) is 16.3. The Hall–Kier alpha value is -1.74. The zero-order chi connectivity index (χ0) is 27.3. The van der Waals surface area contributed by atoms with E-state index in [1.165, 1.54) is 4.90 Å². The fourth-order valence-corrected chi connectivity index (χ4v) is 6.57. The molecule has 1 N–H and O–H groups in total. The van der Waals surface area contributed by atoms with Gasteiger partial charge in [0, 0.05) is 27.9 Å². The topological polar surface area (TPSA) is 79.7 Å². The van der Waals surface area contributed by atoms with Crippen LogP contribution in [0.25, 0.3) is 11.1 Å². The third-order valence-electron chi connectivity index (χ3n) is 7.28. The number of ketones is 1. The molecule has 6 nitrogen and oxygen atoms in total. The predicted octanol–water partition coefficient (Wildman–Crippen LogP) is 7.81. The molecule has 1 atom stereocenters. The van der Waals surface area contributed by atoms with E-state index in [2.05, 4.69) is 49.8 Å². The molecule has 3 rings (SSSR count). The lowest BCUT2D eigenvalue weighted by Crippen LogP contribution is -2.51. The van der Waals surface area contributed by atoms with Crippen LogP contribution >= 0.6 is 27.5 Å². The van der Waals surface area contributed by atoms with Gasteiger partial charge in [0.05, 0.1) is 16.7 Å². The third-order valence-corrected chi connectivity index (χ3v) is 12.5. The second-order valence-corrected chi connectivity index (χ2v) is 17.7. The van der Waals surface area contributed by atoms with Gasteiger partial charge in [0.25, 0.3) is 0 Å². The summed E-state index contributed by atoms with van der Waals surface area (Å²) in [4.78, 5) is 31.7. The van der Waals surface area contributed by atoms with E-state index in [4.69, 9.17) is 21.0 Å². The zero-order valence-corrected chi connectivity index (χ0v) is 25.7. The summed E-state index contributed by atoms with van der Waals surface area (Å²) in [5.41, 5.74) is 1.78. The van der Waals surface area contributed by atoms with Crippen molar-refractivity contribution in [3.63, 3.8) is 0 Å². The Balaban J connectivity index is 2.17. The quantitative estimate of drug-likeness (QED) is 0.272. The summed E-state index contributed by atoms with van der Waals surface area (Å²) in [6.07, 6.45) is 1.82. The number of fused-ring (bicyclic) bond motifs is 1. The Morgan fingerprint density at radius 2 is 1.83 bits per heavy atom. The van der Waals surface area contributed by atoms with E-state index in [1.54, 1.807) is 24.4 Å². The van der Waals surface area contributed by atoms with E-state index in [-0.39, 0.29) is 16.2 Å². The highest BCUT2D eigenvalue weighted by molar-refractivity contribution is 9.09. The van der Waals surface area contributed by atoms with Gasteiger partial charge in [-0.2, -0.15) is 0 Å². The number of Topliss-reactive ketones (excluding diaryl/α,β-unsaturated/α-hetero) is 1. The molecule has 1 aromatic carbocycles. The fraction of sp³-hybridized carbons (Fsp3) is 0.519. The molecular weight excluding hydrogens is 560 g/mol. The molecule has 0 bridgehead atoms. The molecule has 0 aliphatic heterocycles. The first kappa shape index (κ1) is 28.8. The van der Waals surface area contributed by atoms with Crippen molar-refractivity contribution in [2.24, 2.45) is 0 Å². The largest absolute Gasteiger partial charge is 0.465 e. The van der Waals surface area contributed by atoms with Gasteiger partial charge in [0.2, 0.25) is 0 Å². The molecule has 0 radical (unpaired) electrons. The summed E-state index contributed by atoms with van der Waals surface area (Å²) in [5, 5.41) is 10.6. The van der Waals surface area contributed by atoms with Gasteiger partial charge in [0.1, 0.15) is 0 Å². The summed E-state index contributed by atoms with van der Waals surface area (Å²) < 4.78 is 6.82. The third kappa shape index (κ3) is 5.28. The smallest absolute Gasteiger partial charge is 0.412 e. The van der Waals surface area contributed by atoms with Gasteiger partial charge in [-0.25, -0.2) is 4.79 Å². The summed E-state index contributed by atoms with van der Waals surface area (Å²) >= 11 is 9.72. The number of pyridine rings is 1. The first-order valence-electron chi connectivity index (χ1n) is 12.1. The van der Waals surface area contributed by atoms with E-state index in [1.807, 2.05) is 26.8 Å². The van der Waals surface area contributed by atoms with Crippen molar-refractivity contribution >= 4 is 53.4 Å². The number of aromatic nitrogens is 1. The average Bonchev–Trinajstić information content (AvgIpc) is 3.10. The molecule has 2 aromatic rings. The molecule has 0 saturated carbocycles. The zero-order valence-electron chi connectivity index (χ0n) is 22.3. The fourth-order valence-electron chi connectivity index (χ4n) is 4.45. The highest BCUT2D eigenvalue weighted by atomic mass is 79.9. The molecule has 1 aliphatic rings. The number of hydrogen-bond acceptors (Lipinski definition) is 4. The monoisotopic (exact) mass is 594 g/mol. The van der Waals surface area contributed by atoms with Crippen LogP contribution in [-0.2, 0) is 21.2 Å². The van der Waals surface area contributed by atoms with Gasteiger partial charge >= 0.3 is 6.09 Å². The van der Waals surface area contributed by atoms with Crippen molar-refractivity contribution in [3.8, 4) is 11.1 Å². The van der Waals surface area contributed by atoms with Crippen LogP contribution in [0, 0.1) is 0 Å². The minimum atomic E-state index is -2.30. The number of alkyl halides is 1. The number of halogens is 2. The highest BCUT2D eigenvalue weighted by Gasteiger charge is 2.53. The van der Waals surface area contributed by atoms with Crippen LogP contribution < -0.4 is 4.90 Å². The first-order chi connectivity index (χ1) is 16.4. The second-order valence-electron chi connectivity index (χ2n) is 11.9. The molecule has 1 unspecified atom stereocenters. The molecule has 1 heterocycles. The number of nitrogens with zero attached hydrogens (tertiary/aromatic N) is 2. The van der Waals surface area contributed by atoms with Crippen LogP contribution in [0.15, 0.2) is 30.5 Å². The van der Waals surface area contributed by atoms with Crippen LogP contribution in [0.3, 0.4) is 0 Å². The normalized spacial score (nSPS) is 18.2. The average molecular weight is 596 g/mol. The summed E-state index contributed by atoms with van der Waals surface area (Å²) in [7, 11) is -2.30. The van der Waals surface area contributed by atoms with Crippen molar-refractivity contribution in [2.45, 2.75) is 83.7 Å². The van der Waals surface area contributed by atoms with Crippen molar-refractivity contribution in [2.75, 3.05) is 10.2 Å². The molecule has 9 heteroatoms. The molecule has 1 amide bonds. The first-order valence-corrected chi connectivity index (χ1v) is 16.5. The molecule has 1 aromatic heterocycles. The van der Waals surface area contributed by atoms with Gasteiger partial charge in [0.15, 0.2) is 19.7 Å². The summed E-state index contributed by atoms with van der Waals surface area (Å²) in [5.74, 6) is -0.0282. The van der Waals surface area contributed by atoms with Crippen molar-refractivity contribution in [1.29, 1.82) is 0 Å². The van der Waals surface area contributed by atoms with Crippen molar-refractivity contribution < 1.29 is 19.1 Å².